The number of benzene rings is 8. The minimum Gasteiger partial charge on any atom is -0.310 e. The third-order valence-corrected chi connectivity index (χ3v) is 13.4. The second-order valence-corrected chi connectivity index (χ2v) is 17.4. The Labute approximate surface area is 318 Å². The average molecular weight is 694 g/mol. The fourth-order valence-corrected chi connectivity index (χ4v) is 10.5. The van der Waals surface area contributed by atoms with Gasteiger partial charge in [-0.1, -0.05) is 133 Å². The van der Waals surface area contributed by atoms with Crippen molar-refractivity contribution in [2.24, 2.45) is 0 Å². The molecule has 260 valence electrons. The van der Waals surface area contributed by atoms with Gasteiger partial charge < -0.3 is 4.90 Å². The molecule has 54 heavy (non-hydrogen) atoms. The monoisotopic (exact) mass is 693 g/mol. The molecule has 0 saturated carbocycles. The minimum atomic E-state index is -0.144. The minimum absolute atomic E-state index is 0.0276. The Bertz CT molecular complexity index is 2900. The summed E-state index contributed by atoms with van der Waals surface area (Å²) >= 11 is 0. The van der Waals surface area contributed by atoms with Crippen molar-refractivity contribution in [1.29, 1.82) is 0 Å². The van der Waals surface area contributed by atoms with Gasteiger partial charge in [0.2, 0.25) is 0 Å². The van der Waals surface area contributed by atoms with Gasteiger partial charge in [0.05, 0.1) is 0 Å². The summed E-state index contributed by atoms with van der Waals surface area (Å²) in [5, 5.41) is 5.20. The van der Waals surface area contributed by atoms with Gasteiger partial charge in [-0.25, -0.2) is 0 Å². The second-order valence-electron chi connectivity index (χ2n) is 17.4. The molecule has 0 heterocycles. The van der Waals surface area contributed by atoms with E-state index >= 15 is 0 Å². The lowest BCUT2D eigenvalue weighted by Gasteiger charge is -2.29. The molecule has 1 heteroatoms. The van der Waals surface area contributed by atoms with E-state index < -0.39 is 0 Å². The fourth-order valence-electron chi connectivity index (χ4n) is 10.5. The number of rotatable bonds is 3. The quantitative estimate of drug-likeness (QED) is 0.178. The van der Waals surface area contributed by atoms with Gasteiger partial charge >= 0.3 is 0 Å². The Morgan fingerprint density at radius 3 is 1.61 bits per heavy atom. The number of hydrogen-bond acceptors (Lipinski definition) is 1. The van der Waals surface area contributed by atoms with E-state index in [0.29, 0.717) is 0 Å². The highest BCUT2D eigenvalue weighted by Gasteiger charge is 2.42. The highest BCUT2D eigenvalue weighted by atomic mass is 15.1. The van der Waals surface area contributed by atoms with Crippen LogP contribution in [0.1, 0.15) is 74.9 Å². The number of hydrogen-bond donors (Lipinski definition) is 0. The summed E-state index contributed by atoms with van der Waals surface area (Å²) in [6.45, 7) is 14.4. The lowest BCUT2D eigenvalue weighted by molar-refractivity contribution is 0.652. The molecule has 0 amide bonds. The highest BCUT2D eigenvalue weighted by molar-refractivity contribution is 6.02. The molecule has 3 aliphatic rings. The van der Waals surface area contributed by atoms with Gasteiger partial charge in [-0.15, -0.1) is 0 Å². The first kappa shape index (κ1) is 31.6. The number of para-hydroxylation sites is 1. The molecule has 0 saturated heterocycles. The zero-order valence-electron chi connectivity index (χ0n) is 31.9. The summed E-state index contributed by atoms with van der Waals surface area (Å²) in [5.41, 5.74) is 20.0. The van der Waals surface area contributed by atoms with E-state index in [2.05, 4.69) is 198 Å². The molecule has 0 aromatic heterocycles. The smallest absolute Gasteiger partial charge is 0.0468 e. The molecule has 0 atom stereocenters. The van der Waals surface area contributed by atoms with Crippen molar-refractivity contribution in [3.8, 4) is 33.4 Å². The summed E-state index contributed by atoms with van der Waals surface area (Å²) < 4.78 is 0. The van der Waals surface area contributed by atoms with Crippen LogP contribution < -0.4 is 4.90 Å². The van der Waals surface area contributed by atoms with Crippen molar-refractivity contribution in [1.82, 2.24) is 0 Å². The van der Waals surface area contributed by atoms with E-state index in [0.717, 1.165) is 5.69 Å². The van der Waals surface area contributed by atoms with E-state index in [1.807, 2.05) is 0 Å². The number of nitrogens with zero attached hydrogens (tertiary/aromatic N) is 1. The van der Waals surface area contributed by atoms with Crippen molar-refractivity contribution in [3.63, 3.8) is 0 Å². The van der Waals surface area contributed by atoms with Gasteiger partial charge in [-0.3, -0.25) is 0 Å². The topological polar surface area (TPSA) is 3.24 Å². The Kier molecular flexibility index (Phi) is 6.21. The van der Waals surface area contributed by atoms with Gasteiger partial charge in [0, 0.05) is 33.3 Å². The third kappa shape index (κ3) is 4.10. The van der Waals surface area contributed by atoms with Crippen molar-refractivity contribution < 1.29 is 0 Å². The van der Waals surface area contributed by atoms with Gasteiger partial charge in [-0.2, -0.15) is 0 Å². The van der Waals surface area contributed by atoms with Crippen LogP contribution >= 0.6 is 0 Å². The van der Waals surface area contributed by atoms with E-state index in [1.165, 1.54) is 99.7 Å². The van der Waals surface area contributed by atoms with Gasteiger partial charge in [-0.05, 0) is 149 Å². The molecule has 11 rings (SSSR count). The first-order valence-corrected chi connectivity index (χ1v) is 19.4. The van der Waals surface area contributed by atoms with Gasteiger partial charge in [0.25, 0.3) is 0 Å². The van der Waals surface area contributed by atoms with E-state index in [4.69, 9.17) is 0 Å². The van der Waals surface area contributed by atoms with Crippen LogP contribution in [0, 0.1) is 0 Å². The summed E-state index contributed by atoms with van der Waals surface area (Å²) in [4.78, 5) is 2.44. The van der Waals surface area contributed by atoms with Crippen molar-refractivity contribution in [3.05, 3.63) is 185 Å². The number of anilines is 3. The fraction of sp³-hybridized carbons (Fsp3) is 0.170. The highest BCUT2D eigenvalue weighted by Crippen LogP contribution is 2.57. The maximum atomic E-state index is 2.51. The third-order valence-electron chi connectivity index (χ3n) is 13.4. The molecule has 0 spiro atoms. The van der Waals surface area contributed by atoms with Crippen LogP contribution in [0.5, 0.6) is 0 Å². The summed E-state index contributed by atoms with van der Waals surface area (Å²) in [6.07, 6.45) is 0. The Balaban J connectivity index is 1.05. The zero-order valence-corrected chi connectivity index (χ0v) is 31.9. The Hall–Kier alpha value is -5.92. The molecule has 8 aromatic rings. The molecule has 8 aromatic carbocycles. The largest absolute Gasteiger partial charge is 0.310 e. The Morgan fingerprint density at radius 2 is 0.852 bits per heavy atom. The summed E-state index contributed by atoms with van der Waals surface area (Å²) in [6, 6.07) is 57.4. The first-order chi connectivity index (χ1) is 26.0. The molecule has 0 unspecified atom stereocenters. The van der Waals surface area contributed by atoms with Crippen LogP contribution in [0.2, 0.25) is 0 Å². The molecule has 0 radical (unpaired) electrons. The van der Waals surface area contributed by atoms with E-state index in [9.17, 15) is 0 Å². The molecular weight excluding hydrogens is 651 g/mol. The van der Waals surface area contributed by atoms with Crippen LogP contribution in [0.4, 0.5) is 17.1 Å². The molecule has 0 aliphatic heterocycles. The van der Waals surface area contributed by atoms with Crippen LogP contribution in [0.25, 0.3) is 54.9 Å². The van der Waals surface area contributed by atoms with Crippen LogP contribution in [0.3, 0.4) is 0 Å². The van der Waals surface area contributed by atoms with Crippen LogP contribution in [-0.2, 0) is 16.2 Å². The second kappa shape index (κ2) is 10.6. The summed E-state index contributed by atoms with van der Waals surface area (Å²) in [7, 11) is 0. The average Bonchev–Trinajstić information content (AvgIpc) is 3.65. The molecular formula is C53H43N. The maximum Gasteiger partial charge on any atom is 0.0468 e. The predicted molar refractivity (Wildman–Crippen MR) is 229 cm³/mol. The Morgan fingerprint density at radius 1 is 0.315 bits per heavy atom. The van der Waals surface area contributed by atoms with Gasteiger partial charge in [0.15, 0.2) is 0 Å². The molecule has 0 N–H and O–H groups in total. The van der Waals surface area contributed by atoms with E-state index in [1.54, 1.807) is 0 Å². The molecule has 0 fully saturated rings. The number of fused-ring (bicyclic) bond motifs is 12. The zero-order chi connectivity index (χ0) is 36.7. The van der Waals surface area contributed by atoms with Crippen molar-refractivity contribution in [2.75, 3.05) is 4.90 Å². The van der Waals surface area contributed by atoms with Crippen molar-refractivity contribution in [2.45, 2.75) is 57.8 Å². The van der Waals surface area contributed by atoms with E-state index in [-0.39, 0.29) is 16.2 Å². The predicted octanol–water partition coefficient (Wildman–Crippen LogP) is 14.4. The van der Waals surface area contributed by atoms with Crippen LogP contribution in [0.15, 0.2) is 152 Å². The lowest BCUT2D eigenvalue weighted by Crippen LogP contribution is -2.17. The summed E-state index contributed by atoms with van der Waals surface area (Å²) in [5.74, 6) is 0. The van der Waals surface area contributed by atoms with Gasteiger partial charge in [0.1, 0.15) is 0 Å². The van der Waals surface area contributed by atoms with Crippen molar-refractivity contribution >= 4 is 38.6 Å². The maximum absolute atomic E-state index is 2.51. The lowest BCUT2D eigenvalue weighted by atomic mass is 9.79. The molecule has 0 bridgehead atoms. The first-order valence-electron chi connectivity index (χ1n) is 19.4. The molecule has 3 aliphatic carbocycles. The molecule has 1 nitrogen and oxygen atoms in total. The standard InChI is InChI=1S/C53H43N/c1-51(2)45-19-13-12-18-39(45)43-30-49-44(31-48(43)51)40-25-22-37(29-47(40)52(49,3)4)54(35-16-8-7-9-17-35)36-21-24-38-34(26-36)20-23-41-42-27-32-14-10-11-15-33(32)28-46(42)53(5,6)50(38)41/h7-31H,1-6H3. The SMILES string of the molecule is CC1(C)c2ccccc2-c2cc3c(cc21)-c1ccc(N(c2ccccc2)c2ccc4c5c(ccc4c2)-c2cc4ccccc4cc2C5(C)C)cc1C3(C)C. The normalized spacial score (nSPS) is 16.0. The van der Waals surface area contributed by atoms with Crippen LogP contribution in [-0.4, -0.2) is 0 Å².